The second-order valence-electron chi connectivity index (χ2n) is 3.34. The Morgan fingerprint density at radius 1 is 0.812 bits per heavy atom. The molecule has 6 N–H and O–H groups in total. The summed E-state index contributed by atoms with van der Waals surface area (Å²) < 4.78 is 16.6. The van der Waals surface area contributed by atoms with E-state index in [4.69, 9.17) is 31.4 Å². The van der Waals surface area contributed by atoms with E-state index in [9.17, 15) is 0 Å². The summed E-state index contributed by atoms with van der Waals surface area (Å²) in [6.07, 6.45) is 1.51. The van der Waals surface area contributed by atoms with Crippen LogP contribution in [0.5, 0.6) is 0 Å². The molecule has 0 saturated heterocycles. The fourth-order valence-corrected chi connectivity index (χ4v) is 1.29. The summed E-state index contributed by atoms with van der Waals surface area (Å²) in [4.78, 5) is 0. The largest absolute Gasteiger partial charge is 0.328 e. The van der Waals surface area contributed by atoms with Crippen LogP contribution in [0.2, 0.25) is 0 Å². The maximum atomic E-state index is 5.54. The van der Waals surface area contributed by atoms with Crippen molar-refractivity contribution in [3.05, 3.63) is 0 Å². The minimum absolute atomic E-state index is 0.384. The molecule has 0 aromatic rings. The van der Waals surface area contributed by atoms with Crippen LogP contribution in [0, 0.1) is 0 Å². The van der Waals surface area contributed by atoms with Gasteiger partial charge >= 0.3 is 0 Å². The van der Waals surface area contributed by atoms with Gasteiger partial charge in [0.05, 0.1) is 19.8 Å². The quantitative estimate of drug-likeness (QED) is 0.412. The van der Waals surface area contributed by atoms with Crippen molar-refractivity contribution in [1.29, 1.82) is 0 Å². The third-order valence-electron chi connectivity index (χ3n) is 1.88. The van der Waals surface area contributed by atoms with Gasteiger partial charge in [0.1, 0.15) is 0 Å². The van der Waals surface area contributed by atoms with E-state index in [0.717, 1.165) is 6.42 Å². The van der Waals surface area contributed by atoms with E-state index in [1.807, 2.05) is 6.92 Å². The SMILES string of the molecule is CCCC(OCCN)(OCCN)OCCN. The van der Waals surface area contributed by atoms with Gasteiger partial charge in [0.2, 0.25) is 0 Å². The number of hydrogen-bond acceptors (Lipinski definition) is 6. The highest BCUT2D eigenvalue weighted by Gasteiger charge is 2.32. The molecule has 0 saturated carbocycles. The summed E-state index contributed by atoms with van der Waals surface area (Å²) >= 11 is 0. The van der Waals surface area contributed by atoms with Gasteiger partial charge in [-0.1, -0.05) is 6.92 Å². The number of rotatable bonds is 11. The van der Waals surface area contributed by atoms with Crippen LogP contribution in [0.25, 0.3) is 0 Å². The molecule has 0 aliphatic heterocycles. The van der Waals surface area contributed by atoms with Crippen molar-refractivity contribution in [2.75, 3.05) is 39.5 Å². The summed E-state index contributed by atoms with van der Waals surface area (Å²) in [5.74, 6) is -1.03. The van der Waals surface area contributed by atoms with E-state index in [1.54, 1.807) is 0 Å². The topological polar surface area (TPSA) is 106 Å². The summed E-state index contributed by atoms with van der Waals surface area (Å²) in [6.45, 7) is 4.44. The number of nitrogens with two attached hydrogens (primary N) is 3. The fraction of sp³-hybridized carbons (Fsp3) is 1.00. The average Bonchev–Trinajstić information content (AvgIpc) is 2.31. The second kappa shape index (κ2) is 9.95. The van der Waals surface area contributed by atoms with Gasteiger partial charge in [0.25, 0.3) is 5.97 Å². The zero-order chi connectivity index (χ0) is 12.3. The summed E-state index contributed by atoms with van der Waals surface area (Å²) in [5.41, 5.74) is 16.2. The minimum Gasteiger partial charge on any atom is -0.328 e. The van der Waals surface area contributed by atoms with E-state index in [-0.39, 0.29) is 0 Å². The van der Waals surface area contributed by atoms with Gasteiger partial charge in [0, 0.05) is 26.1 Å². The van der Waals surface area contributed by atoms with Crippen molar-refractivity contribution in [1.82, 2.24) is 0 Å². The molecular formula is C10H25N3O3. The molecule has 0 amide bonds. The third-order valence-corrected chi connectivity index (χ3v) is 1.88. The molecule has 0 spiro atoms. The van der Waals surface area contributed by atoms with Crippen molar-refractivity contribution in [3.8, 4) is 0 Å². The van der Waals surface area contributed by atoms with Gasteiger partial charge in [-0.2, -0.15) is 0 Å². The van der Waals surface area contributed by atoms with Crippen LogP contribution in [-0.2, 0) is 14.2 Å². The Morgan fingerprint density at radius 3 is 1.44 bits per heavy atom. The average molecular weight is 235 g/mol. The standard InChI is InChI=1S/C10H25N3O3/c1-2-3-10(14-7-4-11,15-8-5-12)16-9-6-13/h2-9,11-13H2,1H3. The van der Waals surface area contributed by atoms with Crippen molar-refractivity contribution in [3.63, 3.8) is 0 Å². The molecule has 0 radical (unpaired) electrons. The van der Waals surface area contributed by atoms with E-state index < -0.39 is 5.97 Å². The van der Waals surface area contributed by atoms with E-state index >= 15 is 0 Å². The molecular weight excluding hydrogens is 210 g/mol. The zero-order valence-corrected chi connectivity index (χ0v) is 10.1. The summed E-state index contributed by atoms with van der Waals surface area (Å²) in [7, 11) is 0. The Hall–Kier alpha value is -0.240. The fourth-order valence-electron chi connectivity index (χ4n) is 1.29. The molecule has 0 aliphatic rings. The van der Waals surface area contributed by atoms with Crippen LogP contribution in [0.15, 0.2) is 0 Å². The highest BCUT2D eigenvalue weighted by molar-refractivity contribution is 4.59. The summed E-state index contributed by atoms with van der Waals surface area (Å²) in [5, 5.41) is 0. The number of hydrogen-bond donors (Lipinski definition) is 3. The van der Waals surface area contributed by atoms with Crippen molar-refractivity contribution in [2.24, 2.45) is 17.2 Å². The van der Waals surface area contributed by atoms with Crippen LogP contribution >= 0.6 is 0 Å². The third kappa shape index (κ3) is 6.37. The first-order valence-corrected chi connectivity index (χ1v) is 5.76. The van der Waals surface area contributed by atoms with Crippen molar-refractivity contribution >= 4 is 0 Å². The molecule has 98 valence electrons. The molecule has 0 unspecified atom stereocenters. The summed E-state index contributed by atoms with van der Waals surface area (Å²) in [6, 6.07) is 0. The molecule has 0 rings (SSSR count). The van der Waals surface area contributed by atoms with Gasteiger partial charge in [-0.05, 0) is 6.42 Å². The normalized spacial score (nSPS) is 12.0. The highest BCUT2D eigenvalue weighted by atomic mass is 16.9. The van der Waals surface area contributed by atoms with E-state index in [2.05, 4.69) is 0 Å². The van der Waals surface area contributed by atoms with Gasteiger partial charge in [-0.25, -0.2) is 0 Å². The lowest BCUT2D eigenvalue weighted by atomic mass is 10.3. The van der Waals surface area contributed by atoms with Gasteiger partial charge in [0.15, 0.2) is 0 Å². The Kier molecular flexibility index (Phi) is 9.80. The Bertz CT molecular complexity index is 136. The number of ether oxygens (including phenoxy) is 3. The second-order valence-corrected chi connectivity index (χ2v) is 3.34. The van der Waals surface area contributed by atoms with Gasteiger partial charge < -0.3 is 31.4 Å². The lowest BCUT2D eigenvalue weighted by Gasteiger charge is -2.32. The van der Waals surface area contributed by atoms with Crippen LogP contribution in [-0.4, -0.2) is 45.4 Å². The maximum absolute atomic E-state index is 5.54. The molecule has 6 nitrogen and oxygen atoms in total. The Balaban J connectivity index is 4.32. The van der Waals surface area contributed by atoms with Crippen LogP contribution in [0.4, 0.5) is 0 Å². The molecule has 0 aromatic carbocycles. The van der Waals surface area contributed by atoms with E-state index in [1.165, 1.54) is 0 Å². The van der Waals surface area contributed by atoms with Crippen LogP contribution in [0.3, 0.4) is 0 Å². The molecule has 0 aromatic heterocycles. The van der Waals surface area contributed by atoms with Crippen LogP contribution < -0.4 is 17.2 Å². The molecule has 0 fully saturated rings. The molecule has 0 atom stereocenters. The predicted octanol–water partition coefficient (Wildman–Crippen LogP) is -0.634. The maximum Gasteiger partial charge on any atom is 0.283 e. The lowest BCUT2D eigenvalue weighted by molar-refractivity contribution is -0.381. The van der Waals surface area contributed by atoms with E-state index in [0.29, 0.717) is 45.9 Å². The smallest absolute Gasteiger partial charge is 0.283 e. The molecule has 6 heteroatoms. The van der Waals surface area contributed by atoms with Crippen molar-refractivity contribution in [2.45, 2.75) is 25.7 Å². The molecule has 0 bridgehead atoms. The Labute approximate surface area is 97.4 Å². The molecule has 16 heavy (non-hydrogen) atoms. The van der Waals surface area contributed by atoms with Crippen molar-refractivity contribution < 1.29 is 14.2 Å². The first-order valence-electron chi connectivity index (χ1n) is 5.76. The predicted molar refractivity (Wildman–Crippen MR) is 62.7 cm³/mol. The Morgan fingerprint density at radius 2 is 1.19 bits per heavy atom. The first-order chi connectivity index (χ1) is 7.74. The minimum atomic E-state index is -1.03. The highest BCUT2D eigenvalue weighted by Crippen LogP contribution is 2.21. The first kappa shape index (κ1) is 15.8. The zero-order valence-electron chi connectivity index (χ0n) is 10.1. The van der Waals surface area contributed by atoms with Crippen LogP contribution in [0.1, 0.15) is 19.8 Å². The van der Waals surface area contributed by atoms with Gasteiger partial charge in [-0.15, -0.1) is 0 Å². The monoisotopic (exact) mass is 235 g/mol. The lowest BCUT2D eigenvalue weighted by Crippen LogP contribution is -2.42. The van der Waals surface area contributed by atoms with Gasteiger partial charge in [-0.3, -0.25) is 0 Å². The molecule has 0 heterocycles. The molecule has 0 aliphatic carbocycles.